The predicted octanol–water partition coefficient (Wildman–Crippen LogP) is 5.44. The largest absolute Gasteiger partial charge is 0.294 e. The van der Waals surface area contributed by atoms with Crippen LogP contribution in [-0.4, -0.2) is 30.2 Å². The Bertz CT molecular complexity index is 1230. The topological polar surface area (TPSA) is 40.6 Å². The third kappa shape index (κ3) is 3.17. The molecular weight excluding hydrogens is 408 g/mol. The number of benzene rings is 3. The molecule has 3 aromatic carbocycles. The number of carbonyl (C=O) groups excluding carboxylic acids is 2. The van der Waals surface area contributed by atoms with Crippen LogP contribution in [0.3, 0.4) is 0 Å². The van der Waals surface area contributed by atoms with E-state index in [0.717, 1.165) is 28.1 Å². The minimum Gasteiger partial charge on any atom is -0.294 e. The third-order valence-electron chi connectivity index (χ3n) is 6.99. The SMILES string of the molecule is CC(C)=CC(=O)[C@@H]1[C@@H](c2ccccc2)CN(C)[C@@]12C(=O)N(c1ccccc1)c1ccccc12. The summed E-state index contributed by atoms with van der Waals surface area (Å²) in [4.78, 5) is 32.3. The second kappa shape index (κ2) is 8.13. The molecule has 0 unspecified atom stereocenters. The van der Waals surface area contributed by atoms with Crippen LogP contribution >= 0.6 is 0 Å². The lowest BCUT2D eigenvalue weighted by atomic mass is 9.71. The number of carbonyl (C=O) groups is 2. The van der Waals surface area contributed by atoms with Crippen molar-refractivity contribution in [3.05, 3.63) is 108 Å². The molecule has 4 heteroatoms. The minimum absolute atomic E-state index is 0.00580. The molecular formula is C29H28N2O2. The number of hydrogen-bond acceptors (Lipinski definition) is 3. The summed E-state index contributed by atoms with van der Waals surface area (Å²) in [5, 5.41) is 0. The molecule has 4 nitrogen and oxygen atoms in total. The maximum absolute atomic E-state index is 14.5. The standard InChI is InChI=1S/C29H28N2O2/c1-20(2)18-26(32)27-23(21-12-6-4-7-13-21)19-30(3)29(27)24-16-10-11-17-25(24)31(28(29)33)22-14-8-5-9-15-22/h4-18,23,27H,19H2,1-3H3/t23-,27+,29-/m1/s1. The van der Waals surface area contributed by atoms with Crippen molar-refractivity contribution >= 4 is 23.1 Å². The summed E-state index contributed by atoms with van der Waals surface area (Å²) in [5.41, 5.74) is 3.54. The van der Waals surface area contributed by atoms with Crippen LogP contribution in [0.4, 0.5) is 11.4 Å². The molecule has 0 radical (unpaired) electrons. The summed E-state index contributed by atoms with van der Waals surface area (Å²) in [6.07, 6.45) is 1.71. The van der Waals surface area contributed by atoms with Crippen LogP contribution in [0.15, 0.2) is 96.6 Å². The molecule has 2 aliphatic rings. The number of ketones is 1. The van der Waals surface area contributed by atoms with E-state index in [9.17, 15) is 9.59 Å². The first-order valence-corrected chi connectivity index (χ1v) is 11.4. The summed E-state index contributed by atoms with van der Waals surface area (Å²) in [5.74, 6) is -0.670. The molecule has 33 heavy (non-hydrogen) atoms. The van der Waals surface area contributed by atoms with Gasteiger partial charge in [0.1, 0.15) is 5.54 Å². The maximum atomic E-state index is 14.5. The molecule has 0 aliphatic carbocycles. The first-order chi connectivity index (χ1) is 16.0. The summed E-state index contributed by atoms with van der Waals surface area (Å²) in [6.45, 7) is 4.49. The number of rotatable bonds is 4. The van der Waals surface area contributed by atoms with Gasteiger partial charge in [-0.15, -0.1) is 0 Å². The highest BCUT2D eigenvalue weighted by molar-refractivity contribution is 6.16. The maximum Gasteiger partial charge on any atom is 0.257 e. The number of allylic oxidation sites excluding steroid dienone is 2. The number of amides is 1. The third-order valence-corrected chi connectivity index (χ3v) is 6.99. The van der Waals surface area contributed by atoms with Crippen LogP contribution in [-0.2, 0) is 15.1 Å². The lowest BCUT2D eigenvalue weighted by Gasteiger charge is -2.36. The Morgan fingerprint density at radius 3 is 2.18 bits per heavy atom. The highest BCUT2D eigenvalue weighted by Gasteiger charge is 2.65. The Labute approximate surface area is 195 Å². The van der Waals surface area contributed by atoms with Crippen molar-refractivity contribution in [1.29, 1.82) is 0 Å². The average Bonchev–Trinajstić information content (AvgIpc) is 3.27. The fourth-order valence-electron chi connectivity index (χ4n) is 5.74. The van der Waals surface area contributed by atoms with Crippen molar-refractivity contribution in [1.82, 2.24) is 4.90 Å². The van der Waals surface area contributed by atoms with Gasteiger partial charge in [0, 0.05) is 23.7 Å². The van der Waals surface area contributed by atoms with Gasteiger partial charge in [-0.3, -0.25) is 19.4 Å². The van der Waals surface area contributed by atoms with E-state index in [1.54, 1.807) is 11.0 Å². The minimum atomic E-state index is -1.06. The normalized spacial score (nSPS) is 24.2. The van der Waals surface area contributed by atoms with Crippen LogP contribution in [0.2, 0.25) is 0 Å². The number of likely N-dealkylation sites (N-methyl/N-ethyl adjacent to an activating group) is 1. The molecule has 1 fully saturated rings. The van der Waals surface area contributed by atoms with Gasteiger partial charge >= 0.3 is 0 Å². The second-order valence-electron chi connectivity index (χ2n) is 9.26. The second-order valence-corrected chi connectivity index (χ2v) is 9.26. The van der Waals surface area contributed by atoms with Gasteiger partial charge in [0.25, 0.3) is 5.91 Å². The Hall–Kier alpha value is -3.50. The number of para-hydroxylation sites is 2. The summed E-state index contributed by atoms with van der Waals surface area (Å²) < 4.78 is 0. The summed E-state index contributed by atoms with van der Waals surface area (Å²) in [6, 6.07) is 27.8. The van der Waals surface area contributed by atoms with Gasteiger partial charge in [-0.2, -0.15) is 0 Å². The van der Waals surface area contributed by atoms with Gasteiger partial charge < -0.3 is 0 Å². The zero-order valence-electron chi connectivity index (χ0n) is 19.2. The Morgan fingerprint density at radius 2 is 1.52 bits per heavy atom. The van der Waals surface area contributed by atoms with Crippen LogP contribution in [0.25, 0.3) is 0 Å². The Balaban J connectivity index is 1.76. The molecule has 2 aliphatic heterocycles. The van der Waals surface area contributed by atoms with E-state index in [0.29, 0.717) is 6.54 Å². The molecule has 5 rings (SSSR count). The van der Waals surface area contributed by atoms with Crippen LogP contribution in [0, 0.1) is 5.92 Å². The monoisotopic (exact) mass is 436 g/mol. The number of nitrogens with zero attached hydrogens (tertiary/aromatic N) is 2. The van der Waals surface area contributed by atoms with Gasteiger partial charge in [0.2, 0.25) is 0 Å². The van der Waals surface area contributed by atoms with Gasteiger partial charge in [0.05, 0.1) is 11.6 Å². The van der Waals surface area contributed by atoms with Gasteiger partial charge in [0.15, 0.2) is 5.78 Å². The zero-order valence-corrected chi connectivity index (χ0v) is 19.2. The first kappa shape index (κ1) is 21.4. The lowest BCUT2D eigenvalue weighted by Crippen LogP contribution is -2.52. The molecule has 2 heterocycles. The zero-order chi connectivity index (χ0) is 23.2. The smallest absolute Gasteiger partial charge is 0.257 e. The molecule has 0 aromatic heterocycles. The molecule has 166 valence electrons. The van der Waals surface area contributed by atoms with Crippen molar-refractivity contribution in [3.63, 3.8) is 0 Å². The fraction of sp³-hybridized carbons (Fsp3) is 0.241. The number of likely N-dealkylation sites (tertiary alicyclic amines) is 1. The van der Waals surface area contributed by atoms with Gasteiger partial charge in [-0.1, -0.05) is 72.3 Å². The number of hydrogen-bond donors (Lipinski definition) is 0. The number of fused-ring (bicyclic) bond motifs is 2. The van der Waals surface area contributed by atoms with Crippen molar-refractivity contribution in [2.24, 2.45) is 5.92 Å². The molecule has 1 amide bonds. The van der Waals surface area contributed by atoms with Crippen molar-refractivity contribution in [2.75, 3.05) is 18.5 Å². The summed E-state index contributed by atoms with van der Waals surface area (Å²) in [7, 11) is 1.98. The molecule has 0 N–H and O–H groups in total. The Kier molecular flexibility index (Phi) is 5.26. The van der Waals surface area contributed by atoms with Crippen LogP contribution in [0.1, 0.15) is 30.9 Å². The molecule has 3 aromatic rings. The molecule has 0 bridgehead atoms. The van der Waals surface area contributed by atoms with Crippen molar-refractivity contribution in [2.45, 2.75) is 25.3 Å². The summed E-state index contributed by atoms with van der Waals surface area (Å²) >= 11 is 0. The number of anilines is 2. The van der Waals surface area contributed by atoms with Gasteiger partial charge in [-0.25, -0.2) is 0 Å². The van der Waals surface area contributed by atoms with E-state index >= 15 is 0 Å². The Morgan fingerprint density at radius 1 is 0.909 bits per heavy atom. The molecule has 1 saturated heterocycles. The van der Waals surface area contributed by atoms with E-state index in [2.05, 4.69) is 17.0 Å². The molecule has 0 saturated carbocycles. The predicted molar refractivity (Wildman–Crippen MR) is 131 cm³/mol. The van der Waals surface area contributed by atoms with E-state index in [1.807, 2.05) is 93.7 Å². The van der Waals surface area contributed by atoms with E-state index in [-0.39, 0.29) is 17.6 Å². The van der Waals surface area contributed by atoms with Crippen molar-refractivity contribution in [3.8, 4) is 0 Å². The van der Waals surface area contributed by atoms with E-state index < -0.39 is 11.5 Å². The highest BCUT2D eigenvalue weighted by atomic mass is 16.2. The molecule has 3 atom stereocenters. The van der Waals surface area contributed by atoms with E-state index in [4.69, 9.17) is 0 Å². The average molecular weight is 437 g/mol. The quantitative estimate of drug-likeness (QED) is 0.511. The first-order valence-electron chi connectivity index (χ1n) is 11.4. The lowest BCUT2D eigenvalue weighted by molar-refractivity contribution is -0.135. The van der Waals surface area contributed by atoms with Gasteiger partial charge in [-0.05, 0) is 50.7 Å². The van der Waals surface area contributed by atoms with Crippen molar-refractivity contribution < 1.29 is 9.59 Å². The van der Waals surface area contributed by atoms with E-state index in [1.165, 1.54) is 0 Å². The molecule has 1 spiro atoms. The van der Waals surface area contributed by atoms with Crippen LogP contribution in [0.5, 0.6) is 0 Å². The fourth-order valence-corrected chi connectivity index (χ4v) is 5.74. The van der Waals surface area contributed by atoms with Crippen LogP contribution < -0.4 is 4.90 Å². The highest BCUT2D eigenvalue weighted by Crippen LogP contribution is 2.58.